The highest BCUT2D eigenvalue weighted by Gasteiger charge is 2.40. The zero-order valence-corrected chi connectivity index (χ0v) is 11.9. The minimum absolute atomic E-state index is 0.400. The van der Waals surface area contributed by atoms with Gasteiger partial charge in [0.05, 0.1) is 0 Å². The maximum Gasteiger partial charge on any atom is 0.320 e. The van der Waals surface area contributed by atoms with E-state index in [1.165, 1.54) is 0 Å². The number of aromatic nitrogens is 1. The third-order valence-corrected chi connectivity index (χ3v) is 3.72. The standard InChI is InChI=1S/C15H16N2O2S/c1-15(20,14(18)19)13(10-5-3-2-4-6-10)11-7-8-12(16)17-9-11/h2-9,13,20H,1H3,(H2,16,17)(H,18,19). The first-order valence-electron chi connectivity index (χ1n) is 6.15. The number of hydrogen-bond donors (Lipinski definition) is 3. The molecule has 2 rings (SSSR count). The SMILES string of the molecule is CC(S)(C(=O)O)C(c1ccccc1)c1ccc(N)nc1. The van der Waals surface area contributed by atoms with Crippen molar-refractivity contribution in [3.05, 3.63) is 59.8 Å². The molecule has 3 N–H and O–H groups in total. The molecule has 1 aromatic carbocycles. The normalized spacial score (nSPS) is 15.3. The van der Waals surface area contributed by atoms with Gasteiger partial charge < -0.3 is 10.8 Å². The summed E-state index contributed by atoms with van der Waals surface area (Å²) in [6, 6.07) is 12.9. The Hall–Kier alpha value is -2.01. The zero-order valence-electron chi connectivity index (χ0n) is 11.0. The number of carbonyl (C=O) groups is 1. The Labute approximate surface area is 123 Å². The second kappa shape index (κ2) is 5.54. The zero-order chi connectivity index (χ0) is 14.8. The minimum Gasteiger partial charge on any atom is -0.480 e. The molecule has 2 unspecified atom stereocenters. The molecule has 0 bridgehead atoms. The molecule has 20 heavy (non-hydrogen) atoms. The lowest BCUT2D eigenvalue weighted by atomic mass is 9.81. The largest absolute Gasteiger partial charge is 0.480 e. The van der Waals surface area contributed by atoms with Gasteiger partial charge in [-0.15, -0.1) is 0 Å². The molecule has 0 radical (unpaired) electrons. The fourth-order valence-corrected chi connectivity index (χ4v) is 2.50. The molecule has 4 nitrogen and oxygen atoms in total. The van der Waals surface area contributed by atoms with Gasteiger partial charge in [-0.2, -0.15) is 12.6 Å². The van der Waals surface area contributed by atoms with E-state index in [1.54, 1.807) is 25.3 Å². The fraction of sp³-hybridized carbons (Fsp3) is 0.200. The molecular formula is C15H16N2O2S. The van der Waals surface area contributed by atoms with Gasteiger partial charge in [0.1, 0.15) is 10.6 Å². The number of pyridine rings is 1. The number of benzene rings is 1. The molecule has 0 aliphatic carbocycles. The molecule has 104 valence electrons. The maximum absolute atomic E-state index is 11.6. The van der Waals surface area contributed by atoms with E-state index < -0.39 is 16.6 Å². The number of rotatable bonds is 4. The second-order valence-electron chi connectivity index (χ2n) is 4.81. The van der Waals surface area contributed by atoms with Crippen molar-refractivity contribution in [3.8, 4) is 0 Å². The van der Waals surface area contributed by atoms with E-state index in [9.17, 15) is 9.90 Å². The van der Waals surface area contributed by atoms with Gasteiger partial charge in [-0.1, -0.05) is 36.4 Å². The van der Waals surface area contributed by atoms with Crippen LogP contribution in [0.4, 0.5) is 5.82 Å². The topological polar surface area (TPSA) is 76.2 Å². The van der Waals surface area contributed by atoms with Crippen molar-refractivity contribution >= 4 is 24.4 Å². The molecule has 0 fully saturated rings. The molecule has 5 heteroatoms. The van der Waals surface area contributed by atoms with Gasteiger partial charge >= 0.3 is 5.97 Å². The van der Waals surface area contributed by atoms with Gasteiger partial charge in [0, 0.05) is 12.1 Å². The molecule has 1 aromatic heterocycles. The van der Waals surface area contributed by atoms with Crippen LogP contribution in [0, 0.1) is 0 Å². The summed E-state index contributed by atoms with van der Waals surface area (Å²) in [5.41, 5.74) is 7.23. The lowest BCUT2D eigenvalue weighted by Gasteiger charge is -2.30. The first-order valence-corrected chi connectivity index (χ1v) is 6.60. The Balaban J connectivity index is 2.56. The Morgan fingerprint density at radius 1 is 1.25 bits per heavy atom. The Morgan fingerprint density at radius 2 is 1.90 bits per heavy atom. The number of nitrogen functional groups attached to an aromatic ring is 1. The van der Waals surface area contributed by atoms with Crippen molar-refractivity contribution in [1.29, 1.82) is 0 Å². The monoisotopic (exact) mass is 288 g/mol. The van der Waals surface area contributed by atoms with Crippen LogP contribution < -0.4 is 5.73 Å². The van der Waals surface area contributed by atoms with E-state index in [2.05, 4.69) is 17.6 Å². The predicted molar refractivity (Wildman–Crippen MR) is 82.0 cm³/mol. The molecule has 0 amide bonds. The van der Waals surface area contributed by atoms with Gasteiger partial charge in [-0.3, -0.25) is 4.79 Å². The second-order valence-corrected chi connectivity index (χ2v) is 5.74. The molecular weight excluding hydrogens is 272 g/mol. The first kappa shape index (κ1) is 14.4. The molecule has 0 saturated carbocycles. The van der Waals surface area contributed by atoms with Crippen LogP contribution in [0.3, 0.4) is 0 Å². The molecule has 0 saturated heterocycles. The van der Waals surface area contributed by atoms with Crippen molar-refractivity contribution < 1.29 is 9.90 Å². The minimum atomic E-state index is -1.25. The van der Waals surface area contributed by atoms with Gasteiger partial charge in [0.15, 0.2) is 0 Å². The highest BCUT2D eigenvalue weighted by atomic mass is 32.1. The van der Waals surface area contributed by atoms with E-state index in [1.807, 2.05) is 30.3 Å². The number of hydrogen-bond acceptors (Lipinski definition) is 4. The van der Waals surface area contributed by atoms with Crippen molar-refractivity contribution in [2.75, 3.05) is 5.73 Å². The smallest absolute Gasteiger partial charge is 0.320 e. The summed E-state index contributed by atoms with van der Waals surface area (Å²) in [5.74, 6) is -0.999. The van der Waals surface area contributed by atoms with Crippen molar-refractivity contribution in [2.24, 2.45) is 0 Å². The first-order chi connectivity index (χ1) is 9.43. The predicted octanol–water partition coefficient (Wildman–Crippen LogP) is 2.57. The molecule has 0 aliphatic heterocycles. The van der Waals surface area contributed by atoms with Crippen LogP contribution in [0.1, 0.15) is 24.0 Å². The van der Waals surface area contributed by atoms with E-state index in [0.29, 0.717) is 5.82 Å². The lowest BCUT2D eigenvalue weighted by Crippen LogP contribution is -2.36. The number of nitrogens with zero attached hydrogens (tertiary/aromatic N) is 1. The summed E-state index contributed by atoms with van der Waals surface area (Å²) in [5, 5.41) is 9.47. The number of thiol groups is 1. The maximum atomic E-state index is 11.6. The summed E-state index contributed by atoms with van der Waals surface area (Å²) >= 11 is 4.37. The van der Waals surface area contributed by atoms with Crippen LogP contribution in [0.15, 0.2) is 48.7 Å². The average Bonchev–Trinajstić information content (AvgIpc) is 2.42. The fourth-order valence-electron chi connectivity index (χ4n) is 2.20. The van der Waals surface area contributed by atoms with E-state index in [4.69, 9.17) is 5.73 Å². The molecule has 0 spiro atoms. The molecule has 0 aliphatic rings. The van der Waals surface area contributed by atoms with E-state index in [0.717, 1.165) is 11.1 Å². The molecule has 2 atom stereocenters. The number of carboxylic acids is 1. The number of carboxylic acid groups (broad SMARTS) is 1. The van der Waals surface area contributed by atoms with Gasteiger partial charge in [0.25, 0.3) is 0 Å². The third-order valence-electron chi connectivity index (χ3n) is 3.27. The summed E-state index contributed by atoms with van der Waals surface area (Å²) in [7, 11) is 0. The third kappa shape index (κ3) is 2.77. The quantitative estimate of drug-likeness (QED) is 0.756. The van der Waals surface area contributed by atoms with Crippen LogP contribution >= 0.6 is 12.6 Å². The summed E-state index contributed by atoms with van der Waals surface area (Å²) in [4.78, 5) is 15.6. The highest BCUT2D eigenvalue weighted by Crippen LogP contribution is 2.39. The van der Waals surface area contributed by atoms with Crippen molar-refractivity contribution in [3.63, 3.8) is 0 Å². The summed E-state index contributed by atoms with van der Waals surface area (Å²) in [6.45, 7) is 1.59. The Morgan fingerprint density at radius 3 is 2.40 bits per heavy atom. The van der Waals surface area contributed by atoms with Crippen LogP contribution in [-0.2, 0) is 4.79 Å². The van der Waals surface area contributed by atoms with Crippen LogP contribution in [0.25, 0.3) is 0 Å². The molecule has 2 aromatic rings. The van der Waals surface area contributed by atoms with Crippen molar-refractivity contribution in [1.82, 2.24) is 4.98 Å². The van der Waals surface area contributed by atoms with E-state index >= 15 is 0 Å². The summed E-state index contributed by atoms with van der Waals surface area (Å²) < 4.78 is -1.25. The number of nitrogens with two attached hydrogens (primary N) is 1. The van der Waals surface area contributed by atoms with Crippen LogP contribution in [0.5, 0.6) is 0 Å². The average molecular weight is 288 g/mol. The van der Waals surface area contributed by atoms with E-state index in [-0.39, 0.29) is 0 Å². The Bertz CT molecular complexity index is 597. The molecule has 1 heterocycles. The lowest BCUT2D eigenvalue weighted by molar-refractivity contribution is -0.139. The van der Waals surface area contributed by atoms with Crippen molar-refractivity contribution in [2.45, 2.75) is 17.6 Å². The summed E-state index contributed by atoms with van der Waals surface area (Å²) in [6.07, 6.45) is 1.60. The number of aliphatic carboxylic acids is 1. The van der Waals surface area contributed by atoms with Gasteiger partial charge in [0.2, 0.25) is 0 Å². The number of anilines is 1. The Kier molecular flexibility index (Phi) is 3.99. The van der Waals surface area contributed by atoms with Gasteiger partial charge in [-0.25, -0.2) is 4.98 Å². The highest BCUT2D eigenvalue weighted by molar-refractivity contribution is 7.82. The van der Waals surface area contributed by atoms with Gasteiger partial charge in [-0.05, 0) is 24.1 Å². The van der Waals surface area contributed by atoms with Crippen LogP contribution in [0.2, 0.25) is 0 Å². The van der Waals surface area contributed by atoms with Crippen LogP contribution in [-0.4, -0.2) is 20.8 Å².